The molecule has 6 nitrogen and oxygen atoms in total. The number of hydrogen-bond donors (Lipinski definition) is 1. The molecule has 1 heterocycles. The van der Waals surface area contributed by atoms with Crippen molar-refractivity contribution in [2.45, 2.75) is 13.8 Å². The third kappa shape index (κ3) is 3.03. The van der Waals surface area contributed by atoms with Crippen LogP contribution in [0.2, 0.25) is 0 Å². The van der Waals surface area contributed by atoms with Crippen LogP contribution in [-0.2, 0) is 4.74 Å². The number of carbonyl (C=O) groups excluding carboxylic acids is 1. The standard InChI is InChI=1S/C14H15N3O3/c1-3-20-14(19)15-13-12(18)9-10(2)17(16-13)11-7-5-4-6-8-11/h4-9H,3H2,1-2H3,(H,15,16,19). The SMILES string of the molecule is CCOC(=O)Nc1nn(-c2ccccc2)c(C)cc1=O. The van der Waals surface area contributed by atoms with Crippen LogP contribution >= 0.6 is 0 Å². The van der Waals surface area contributed by atoms with Crippen molar-refractivity contribution in [3.63, 3.8) is 0 Å². The molecule has 2 rings (SSSR count). The van der Waals surface area contributed by atoms with Gasteiger partial charge < -0.3 is 4.74 Å². The fourth-order valence-electron chi connectivity index (χ4n) is 1.73. The third-order valence-corrected chi connectivity index (χ3v) is 2.60. The molecule has 20 heavy (non-hydrogen) atoms. The molecule has 0 unspecified atom stereocenters. The van der Waals surface area contributed by atoms with E-state index in [9.17, 15) is 9.59 Å². The number of anilines is 1. The molecule has 0 aliphatic rings. The van der Waals surface area contributed by atoms with Crippen LogP contribution in [0.5, 0.6) is 0 Å². The number of ether oxygens (including phenoxy) is 1. The molecule has 0 atom stereocenters. The van der Waals surface area contributed by atoms with Gasteiger partial charge in [0.1, 0.15) is 0 Å². The van der Waals surface area contributed by atoms with Gasteiger partial charge in [-0.3, -0.25) is 10.1 Å². The van der Waals surface area contributed by atoms with Crippen LogP contribution in [0.3, 0.4) is 0 Å². The summed E-state index contributed by atoms with van der Waals surface area (Å²) in [7, 11) is 0. The van der Waals surface area contributed by atoms with Crippen molar-refractivity contribution in [2.75, 3.05) is 11.9 Å². The van der Waals surface area contributed by atoms with Crippen molar-refractivity contribution < 1.29 is 9.53 Å². The Hall–Kier alpha value is -2.63. The van der Waals surface area contributed by atoms with Gasteiger partial charge in [0.05, 0.1) is 12.3 Å². The lowest BCUT2D eigenvalue weighted by atomic mass is 10.3. The molecule has 1 aromatic heterocycles. The highest BCUT2D eigenvalue weighted by molar-refractivity contribution is 5.83. The van der Waals surface area contributed by atoms with E-state index in [4.69, 9.17) is 4.74 Å². The molecule has 1 N–H and O–H groups in total. The average Bonchev–Trinajstić information content (AvgIpc) is 2.43. The second kappa shape index (κ2) is 6.01. The first-order valence-corrected chi connectivity index (χ1v) is 6.22. The Kier molecular flexibility index (Phi) is 4.14. The summed E-state index contributed by atoms with van der Waals surface area (Å²) in [6, 6.07) is 10.8. The van der Waals surface area contributed by atoms with E-state index in [-0.39, 0.29) is 17.9 Å². The first kappa shape index (κ1) is 13.8. The molecule has 0 bridgehead atoms. The predicted octanol–water partition coefficient (Wildman–Crippen LogP) is 2.11. The highest BCUT2D eigenvalue weighted by atomic mass is 16.5. The van der Waals surface area contributed by atoms with E-state index in [1.54, 1.807) is 18.5 Å². The Bertz CT molecular complexity index is 665. The average molecular weight is 273 g/mol. The summed E-state index contributed by atoms with van der Waals surface area (Å²) < 4.78 is 6.32. The maximum absolute atomic E-state index is 11.8. The zero-order valence-corrected chi connectivity index (χ0v) is 11.3. The summed E-state index contributed by atoms with van der Waals surface area (Å²) in [5.41, 5.74) is 1.12. The molecule has 0 spiro atoms. The summed E-state index contributed by atoms with van der Waals surface area (Å²) in [4.78, 5) is 23.2. The van der Waals surface area contributed by atoms with Gasteiger partial charge in [-0.05, 0) is 26.0 Å². The van der Waals surface area contributed by atoms with Crippen LogP contribution in [-0.4, -0.2) is 22.5 Å². The van der Waals surface area contributed by atoms with Crippen LogP contribution in [0.4, 0.5) is 10.6 Å². The number of para-hydroxylation sites is 1. The van der Waals surface area contributed by atoms with Crippen molar-refractivity contribution in [1.29, 1.82) is 0 Å². The van der Waals surface area contributed by atoms with Crippen LogP contribution < -0.4 is 10.7 Å². The van der Waals surface area contributed by atoms with E-state index in [0.29, 0.717) is 5.69 Å². The lowest BCUT2D eigenvalue weighted by molar-refractivity contribution is 0.167. The molecular formula is C14H15N3O3. The highest BCUT2D eigenvalue weighted by Gasteiger charge is 2.10. The van der Waals surface area contributed by atoms with Gasteiger partial charge in [0.15, 0.2) is 0 Å². The lowest BCUT2D eigenvalue weighted by Gasteiger charge is -2.11. The number of nitrogens with one attached hydrogen (secondary N) is 1. The maximum atomic E-state index is 11.8. The number of nitrogens with zero attached hydrogens (tertiary/aromatic N) is 2. The van der Waals surface area contributed by atoms with Crippen LogP contribution in [0.25, 0.3) is 5.69 Å². The van der Waals surface area contributed by atoms with Crippen molar-refractivity contribution in [3.05, 3.63) is 52.3 Å². The third-order valence-electron chi connectivity index (χ3n) is 2.60. The Morgan fingerprint density at radius 1 is 1.35 bits per heavy atom. The van der Waals surface area contributed by atoms with E-state index in [1.807, 2.05) is 30.3 Å². The number of aromatic nitrogens is 2. The van der Waals surface area contributed by atoms with Crippen LogP contribution in [0.15, 0.2) is 41.2 Å². The smallest absolute Gasteiger partial charge is 0.412 e. The zero-order chi connectivity index (χ0) is 14.5. The second-order valence-corrected chi connectivity index (χ2v) is 4.09. The Morgan fingerprint density at radius 2 is 2.05 bits per heavy atom. The van der Waals surface area contributed by atoms with Gasteiger partial charge >= 0.3 is 6.09 Å². The van der Waals surface area contributed by atoms with Gasteiger partial charge in [0.25, 0.3) is 0 Å². The minimum absolute atomic E-state index is 0.0575. The largest absolute Gasteiger partial charge is 0.450 e. The van der Waals surface area contributed by atoms with Gasteiger partial charge in [-0.1, -0.05) is 18.2 Å². The topological polar surface area (TPSA) is 73.2 Å². The molecule has 1 amide bonds. The van der Waals surface area contributed by atoms with Crippen molar-refractivity contribution in [2.24, 2.45) is 0 Å². The van der Waals surface area contributed by atoms with Gasteiger partial charge in [-0.25, -0.2) is 9.48 Å². The first-order valence-electron chi connectivity index (χ1n) is 6.22. The summed E-state index contributed by atoms with van der Waals surface area (Å²) in [6.07, 6.45) is -0.694. The quantitative estimate of drug-likeness (QED) is 0.929. The van der Waals surface area contributed by atoms with Gasteiger partial charge in [-0.2, -0.15) is 0 Å². The maximum Gasteiger partial charge on any atom is 0.412 e. The number of hydrogen-bond acceptors (Lipinski definition) is 4. The Labute approximate surface area is 116 Å². The molecule has 0 radical (unpaired) electrons. The van der Waals surface area contributed by atoms with E-state index in [0.717, 1.165) is 5.69 Å². The minimum atomic E-state index is -0.694. The van der Waals surface area contributed by atoms with E-state index >= 15 is 0 Å². The molecule has 0 saturated heterocycles. The monoisotopic (exact) mass is 273 g/mol. The lowest BCUT2D eigenvalue weighted by Crippen LogP contribution is -2.23. The number of benzene rings is 1. The van der Waals surface area contributed by atoms with Crippen LogP contribution in [0.1, 0.15) is 12.6 Å². The zero-order valence-electron chi connectivity index (χ0n) is 11.3. The molecule has 2 aromatic rings. The molecule has 104 valence electrons. The summed E-state index contributed by atoms with van der Waals surface area (Å²) >= 11 is 0. The second-order valence-electron chi connectivity index (χ2n) is 4.09. The minimum Gasteiger partial charge on any atom is -0.450 e. The van der Waals surface area contributed by atoms with Gasteiger partial charge in [0.2, 0.25) is 11.2 Å². The van der Waals surface area contributed by atoms with Crippen molar-refractivity contribution in [1.82, 2.24) is 9.78 Å². The molecule has 6 heteroatoms. The molecule has 0 saturated carbocycles. The van der Waals surface area contributed by atoms with Gasteiger partial charge in [0, 0.05) is 11.8 Å². The fraction of sp³-hybridized carbons (Fsp3) is 0.214. The Morgan fingerprint density at radius 3 is 2.70 bits per heavy atom. The van der Waals surface area contributed by atoms with E-state index in [1.165, 1.54) is 6.07 Å². The van der Waals surface area contributed by atoms with Crippen LogP contribution in [0, 0.1) is 6.92 Å². The summed E-state index contributed by atoms with van der Waals surface area (Å²) in [6.45, 7) is 3.69. The predicted molar refractivity (Wildman–Crippen MR) is 75.2 cm³/mol. The normalized spacial score (nSPS) is 10.1. The molecule has 0 aliphatic carbocycles. The highest BCUT2D eigenvalue weighted by Crippen LogP contribution is 2.09. The summed E-state index contributed by atoms with van der Waals surface area (Å²) in [5.74, 6) is -0.0575. The Balaban J connectivity index is 2.40. The number of aryl methyl sites for hydroxylation is 1. The van der Waals surface area contributed by atoms with E-state index in [2.05, 4.69) is 10.4 Å². The number of carbonyl (C=O) groups is 1. The van der Waals surface area contributed by atoms with Crippen molar-refractivity contribution in [3.8, 4) is 5.69 Å². The molecule has 0 fully saturated rings. The number of rotatable bonds is 3. The molecular weight excluding hydrogens is 258 g/mol. The summed E-state index contributed by atoms with van der Waals surface area (Å²) in [5, 5.41) is 6.50. The number of amides is 1. The molecule has 0 aliphatic heterocycles. The first-order chi connectivity index (χ1) is 9.61. The van der Waals surface area contributed by atoms with Gasteiger partial charge in [-0.15, -0.1) is 5.10 Å². The molecule has 1 aromatic carbocycles. The van der Waals surface area contributed by atoms with Crippen molar-refractivity contribution >= 4 is 11.9 Å². The van der Waals surface area contributed by atoms with E-state index < -0.39 is 6.09 Å². The fourth-order valence-corrected chi connectivity index (χ4v) is 1.73.